The number of ether oxygens (including phenoxy) is 1. The number of oxime groups is 1. The molecule has 4 nitrogen and oxygen atoms in total. The van der Waals surface area contributed by atoms with E-state index in [4.69, 9.17) is 4.74 Å². The number of hydrogen-bond acceptors (Lipinski definition) is 4. The molecule has 1 aliphatic heterocycles. The highest BCUT2D eigenvalue weighted by Crippen LogP contribution is 2.24. The Hall–Kier alpha value is -1.84. The molecule has 0 amide bonds. The lowest BCUT2D eigenvalue weighted by atomic mass is 10.0. The van der Waals surface area contributed by atoms with Crippen LogP contribution in [0.15, 0.2) is 23.4 Å². The third-order valence-corrected chi connectivity index (χ3v) is 2.02. The average molecular weight is 204 g/mol. The third-order valence-electron chi connectivity index (χ3n) is 2.02. The summed E-state index contributed by atoms with van der Waals surface area (Å²) in [6, 6.07) is 8.28. The van der Waals surface area contributed by atoms with Gasteiger partial charge in [0.05, 0.1) is 12.3 Å². The molecule has 0 saturated carbocycles. The second-order valence-corrected chi connectivity index (χ2v) is 3.14. The van der Waals surface area contributed by atoms with Crippen LogP contribution in [-0.4, -0.2) is 18.3 Å². The van der Waals surface area contributed by atoms with E-state index in [1.807, 2.05) is 6.07 Å². The van der Waals surface area contributed by atoms with Crippen LogP contribution in [0.4, 0.5) is 0 Å². The van der Waals surface area contributed by atoms with Gasteiger partial charge in [-0.15, -0.1) is 0 Å². The SMILES string of the molecule is CC(=O)O/N=C1\CCOc2c[c]ccc21. The van der Waals surface area contributed by atoms with Crippen LogP contribution in [-0.2, 0) is 9.63 Å². The minimum absolute atomic E-state index is 0.418. The van der Waals surface area contributed by atoms with Gasteiger partial charge in [0.1, 0.15) is 5.75 Å². The molecule has 1 radical (unpaired) electrons. The van der Waals surface area contributed by atoms with Gasteiger partial charge in [-0.05, 0) is 18.2 Å². The molecule has 0 unspecified atom stereocenters. The monoisotopic (exact) mass is 204 g/mol. The van der Waals surface area contributed by atoms with Crippen LogP contribution in [0.1, 0.15) is 18.9 Å². The Morgan fingerprint density at radius 1 is 1.67 bits per heavy atom. The molecule has 1 heterocycles. The zero-order valence-electron chi connectivity index (χ0n) is 8.32. The molecule has 0 bridgehead atoms. The van der Waals surface area contributed by atoms with Crippen molar-refractivity contribution < 1.29 is 14.4 Å². The molecule has 0 aliphatic carbocycles. The summed E-state index contributed by atoms with van der Waals surface area (Å²) < 4.78 is 5.41. The zero-order valence-corrected chi connectivity index (χ0v) is 8.32. The number of rotatable bonds is 1. The van der Waals surface area contributed by atoms with Crippen LogP contribution < -0.4 is 4.74 Å². The Morgan fingerprint density at radius 3 is 3.33 bits per heavy atom. The maximum atomic E-state index is 10.6. The van der Waals surface area contributed by atoms with Crippen molar-refractivity contribution in [2.24, 2.45) is 5.16 Å². The molecular formula is C11H10NO3. The van der Waals surface area contributed by atoms with E-state index in [1.165, 1.54) is 6.92 Å². The van der Waals surface area contributed by atoms with Crippen LogP contribution in [0.5, 0.6) is 5.75 Å². The number of hydrogen-bond donors (Lipinski definition) is 0. The molecule has 0 spiro atoms. The quantitative estimate of drug-likeness (QED) is 0.515. The van der Waals surface area contributed by atoms with Crippen molar-refractivity contribution in [3.8, 4) is 5.75 Å². The van der Waals surface area contributed by atoms with Gasteiger partial charge in [0.2, 0.25) is 0 Å². The maximum Gasteiger partial charge on any atom is 0.331 e. The summed E-state index contributed by atoms with van der Waals surface area (Å²) >= 11 is 0. The van der Waals surface area contributed by atoms with E-state index in [1.54, 1.807) is 12.1 Å². The number of carbonyl (C=O) groups excluding carboxylic acids is 1. The standard InChI is InChI=1S/C11H10NO3/c1-8(13)15-12-10-6-7-14-11-5-3-2-4-9(10)11/h2,4-5H,6-7H2,1H3/b12-10+. The van der Waals surface area contributed by atoms with Crippen LogP contribution in [0, 0.1) is 6.07 Å². The number of nitrogens with zero attached hydrogens (tertiary/aromatic N) is 1. The Morgan fingerprint density at radius 2 is 2.53 bits per heavy atom. The maximum absolute atomic E-state index is 10.6. The van der Waals surface area contributed by atoms with Gasteiger partial charge in [-0.2, -0.15) is 0 Å². The second kappa shape index (κ2) is 4.13. The molecule has 0 N–H and O–H groups in total. The minimum Gasteiger partial charge on any atom is -0.492 e. The Labute approximate surface area is 87.5 Å². The van der Waals surface area contributed by atoms with E-state index in [9.17, 15) is 4.79 Å². The van der Waals surface area contributed by atoms with Crippen molar-refractivity contribution in [3.05, 3.63) is 29.8 Å². The summed E-state index contributed by atoms with van der Waals surface area (Å²) in [6.07, 6.45) is 0.643. The summed E-state index contributed by atoms with van der Waals surface area (Å²) in [5.74, 6) is 0.313. The number of fused-ring (bicyclic) bond motifs is 1. The van der Waals surface area contributed by atoms with Crippen LogP contribution in [0.3, 0.4) is 0 Å². The van der Waals surface area contributed by atoms with Crippen LogP contribution in [0.25, 0.3) is 0 Å². The van der Waals surface area contributed by atoms with E-state index in [2.05, 4.69) is 16.1 Å². The van der Waals surface area contributed by atoms with E-state index in [0.29, 0.717) is 13.0 Å². The molecule has 2 rings (SSSR count). The van der Waals surface area contributed by atoms with Gasteiger partial charge in [-0.25, -0.2) is 4.79 Å². The van der Waals surface area contributed by atoms with Gasteiger partial charge in [0, 0.05) is 18.9 Å². The van der Waals surface area contributed by atoms with Crippen molar-refractivity contribution in [3.63, 3.8) is 0 Å². The topological polar surface area (TPSA) is 47.9 Å². The second-order valence-electron chi connectivity index (χ2n) is 3.14. The van der Waals surface area contributed by atoms with Gasteiger partial charge < -0.3 is 9.57 Å². The summed E-state index contributed by atoms with van der Waals surface area (Å²) in [7, 11) is 0. The highest BCUT2D eigenvalue weighted by atomic mass is 16.7. The van der Waals surface area contributed by atoms with Crippen molar-refractivity contribution in [2.75, 3.05) is 6.61 Å². The van der Waals surface area contributed by atoms with E-state index in [0.717, 1.165) is 17.0 Å². The first-order valence-corrected chi connectivity index (χ1v) is 4.65. The normalized spacial score (nSPS) is 16.7. The molecule has 15 heavy (non-hydrogen) atoms. The molecule has 77 valence electrons. The van der Waals surface area contributed by atoms with Gasteiger partial charge in [0.15, 0.2) is 0 Å². The Kier molecular flexibility index (Phi) is 2.67. The van der Waals surface area contributed by atoms with Crippen LogP contribution in [0.2, 0.25) is 0 Å². The van der Waals surface area contributed by atoms with Crippen molar-refractivity contribution in [2.45, 2.75) is 13.3 Å². The molecule has 0 atom stereocenters. The molecule has 0 saturated heterocycles. The highest BCUT2D eigenvalue weighted by Gasteiger charge is 2.16. The lowest BCUT2D eigenvalue weighted by molar-refractivity contribution is -0.140. The minimum atomic E-state index is -0.418. The fourth-order valence-electron chi connectivity index (χ4n) is 1.38. The first kappa shape index (κ1) is 9.71. The lowest BCUT2D eigenvalue weighted by Gasteiger charge is -2.17. The van der Waals surface area contributed by atoms with E-state index >= 15 is 0 Å². The van der Waals surface area contributed by atoms with Crippen molar-refractivity contribution >= 4 is 11.7 Å². The average Bonchev–Trinajstić information content (AvgIpc) is 2.26. The summed E-state index contributed by atoms with van der Waals surface area (Å²) in [5.41, 5.74) is 1.60. The molecule has 1 aromatic rings. The first-order valence-electron chi connectivity index (χ1n) is 4.65. The predicted octanol–water partition coefficient (Wildman–Crippen LogP) is 1.54. The Balaban J connectivity index is 2.29. The van der Waals surface area contributed by atoms with Crippen molar-refractivity contribution in [1.82, 2.24) is 0 Å². The smallest absolute Gasteiger partial charge is 0.331 e. The van der Waals surface area contributed by atoms with Gasteiger partial charge in [-0.3, -0.25) is 0 Å². The summed E-state index contributed by atoms with van der Waals surface area (Å²) in [4.78, 5) is 15.3. The summed E-state index contributed by atoms with van der Waals surface area (Å²) in [5, 5.41) is 3.80. The fraction of sp³-hybridized carbons (Fsp3) is 0.273. The van der Waals surface area contributed by atoms with Crippen molar-refractivity contribution in [1.29, 1.82) is 0 Å². The highest BCUT2D eigenvalue weighted by molar-refractivity contribution is 6.03. The molecule has 4 heteroatoms. The third kappa shape index (κ3) is 2.15. The molecule has 0 fully saturated rings. The first-order chi connectivity index (χ1) is 7.27. The zero-order chi connectivity index (χ0) is 10.7. The van der Waals surface area contributed by atoms with Crippen LogP contribution >= 0.6 is 0 Å². The molecule has 1 aliphatic rings. The predicted molar refractivity (Wildman–Crippen MR) is 53.7 cm³/mol. The number of carbonyl (C=O) groups is 1. The number of benzene rings is 1. The van der Waals surface area contributed by atoms with Gasteiger partial charge in [0.25, 0.3) is 0 Å². The van der Waals surface area contributed by atoms with Gasteiger partial charge in [-0.1, -0.05) is 11.2 Å². The molecule has 1 aromatic carbocycles. The summed E-state index contributed by atoms with van der Waals surface area (Å²) in [6.45, 7) is 1.87. The Bertz CT molecular complexity index is 412. The van der Waals surface area contributed by atoms with E-state index < -0.39 is 5.97 Å². The molecular weight excluding hydrogens is 194 g/mol. The lowest BCUT2D eigenvalue weighted by Crippen LogP contribution is -2.16. The van der Waals surface area contributed by atoms with E-state index in [-0.39, 0.29) is 0 Å². The molecule has 0 aromatic heterocycles. The van der Waals surface area contributed by atoms with Gasteiger partial charge >= 0.3 is 5.97 Å². The largest absolute Gasteiger partial charge is 0.492 e. The fourth-order valence-corrected chi connectivity index (χ4v) is 1.38.